The maximum Gasteiger partial charge on any atom is 0.245 e. The van der Waals surface area contributed by atoms with Crippen LogP contribution in [0, 0.1) is 5.92 Å². The molecule has 0 aromatic heterocycles. The first-order valence-corrected chi connectivity index (χ1v) is 34.1. The van der Waals surface area contributed by atoms with Gasteiger partial charge in [-0.1, -0.05) is 85.7 Å². The Morgan fingerprint density at radius 2 is 1.02 bits per heavy atom. The van der Waals surface area contributed by atoms with Crippen molar-refractivity contribution in [3.8, 4) is 0 Å². The first-order valence-electron chi connectivity index (χ1n) is 32.3. The molecular formula is C63H98N18O14S. The van der Waals surface area contributed by atoms with E-state index in [0.717, 1.165) is 0 Å². The molecule has 2 fully saturated rings. The summed E-state index contributed by atoms with van der Waals surface area (Å²) < 4.78 is 11.7. The Labute approximate surface area is 561 Å². The molecule has 2 aromatic carbocycles. The number of guanidine groups is 1. The van der Waals surface area contributed by atoms with Crippen LogP contribution in [0.1, 0.15) is 121 Å². The van der Waals surface area contributed by atoms with E-state index >= 15 is 0 Å². The molecule has 22 N–H and O–H groups in total. The molecule has 2 aliphatic heterocycles. The predicted octanol–water partition coefficient (Wildman–Crippen LogP) is -4.70. The van der Waals surface area contributed by atoms with Gasteiger partial charge in [-0.25, -0.2) is 0 Å². The monoisotopic (exact) mass is 1360 g/mol. The normalized spacial score (nSPS) is 17.1. The van der Waals surface area contributed by atoms with Crippen molar-refractivity contribution in [3.63, 3.8) is 0 Å². The Hall–Kier alpha value is -8.95. The van der Waals surface area contributed by atoms with Gasteiger partial charge < -0.3 is 97.0 Å². The molecule has 11 atom stereocenters. The van der Waals surface area contributed by atoms with Gasteiger partial charge in [-0.05, 0) is 101 Å². The van der Waals surface area contributed by atoms with Crippen LogP contribution in [0.15, 0.2) is 65.7 Å². The zero-order chi connectivity index (χ0) is 71.0. The third-order valence-corrected chi connectivity index (χ3v) is 16.9. The van der Waals surface area contributed by atoms with Crippen molar-refractivity contribution in [2.24, 2.45) is 51.0 Å². The number of likely N-dealkylation sites (tertiary alicyclic amines) is 2. The van der Waals surface area contributed by atoms with Crippen molar-refractivity contribution in [2.45, 2.75) is 183 Å². The van der Waals surface area contributed by atoms with Crippen LogP contribution in [-0.2, 0) is 86.3 Å². The number of benzene rings is 2. The summed E-state index contributed by atoms with van der Waals surface area (Å²) in [7, 11) is 0. The lowest BCUT2D eigenvalue weighted by molar-refractivity contribution is -0.144. The predicted molar refractivity (Wildman–Crippen MR) is 356 cm³/mol. The van der Waals surface area contributed by atoms with Gasteiger partial charge in [0.25, 0.3) is 0 Å². The average Bonchev–Trinajstić information content (AvgIpc) is 1.68. The van der Waals surface area contributed by atoms with Crippen LogP contribution in [0.4, 0.5) is 0 Å². The number of amides is 13. The lowest BCUT2D eigenvalue weighted by Crippen LogP contribution is -2.60. The summed E-state index contributed by atoms with van der Waals surface area (Å²) in [6, 6.07) is 4.04. The molecule has 33 heteroatoms. The number of primary amides is 3. The number of nitrogens with zero attached hydrogens (tertiary/aromatic N) is 3. The van der Waals surface area contributed by atoms with Gasteiger partial charge in [-0.2, -0.15) is 0 Å². The fraction of sp³-hybridized carbons (Fsp3) is 0.587. The molecule has 2 saturated heterocycles. The van der Waals surface area contributed by atoms with Crippen LogP contribution < -0.4 is 82.7 Å². The van der Waals surface area contributed by atoms with Crippen LogP contribution in [0.25, 0.3) is 0 Å². The molecule has 2 heterocycles. The zero-order valence-corrected chi connectivity index (χ0v) is 55.7. The molecule has 0 aliphatic carbocycles. The second-order valence-electron chi connectivity index (χ2n) is 24.4. The zero-order valence-electron chi connectivity index (χ0n) is 54.9. The second kappa shape index (κ2) is 41.1. The first kappa shape index (κ1) is 79.5. The lowest BCUT2D eigenvalue weighted by atomic mass is 10.0. The molecule has 96 heavy (non-hydrogen) atoms. The molecule has 0 radical (unpaired) electrons. The van der Waals surface area contributed by atoms with Crippen LogP contribution in [0.2, 0.25) is 0 Å². The maximum absolute atomic E-state index is 14.7. The summed E-state index contributed by atoms with van der Waals surface area (Å²) >= 11 is -1.30. The van der Waals surface area contributed by atoms with E-state index in [0.29, 0.717) is 49.7 Å². The molecule has 32 nitrogen and oxygen atoms in total. The standard InChI is InChI=1S/C63H98N18O14S/c1-37(2)33-45(57(89)74-41(53(68)85)27-32-96(3)95)73-52(84)36-72-54(86)46(34-38-15-6-4-7-16-38)78-58(90)47(35-39-17-8-5-9-18-39)79-56(88)42(23-25-50(66)82)75-55(87)43(24-26-51(67)83)76-59(91)49-22-14-31-81(49)62(94)44(20-10-11-28-64)77-60(92)48-21-13-30-80(48)61(93)40(65)19-12-29-71-63(69)70/h4-9,15-18,37,40-49H,10-14,19-36,64-65H2,1-3H3,(H2,66,82)(H2,67,83)(H2,68,85)(H,72,86)(H,73,84)(H,74,89)(H,75,87)(H,76,91)(H,77,92)(H,78,90)(H,79,88)(H4,69,70,71)/t40-,41-,42-,43-,44-,45-,46-,47-,48-,49-,96?/m0/s1. The molecule has 2 aliphatic rings. The summed E-state index contributed by atoms with van der Waals surface area (Å²) in [6.07, 6.45) is 2.27. The van der Waals surface area contributed by atoms with E-state index in [2.05, 4.69) is 47.5 Å². The highest BCUT2D eigenvalue weighted by atomic mass is 32.2. The van der Waals surface area contributed by atoms with E-state index in [4.69, 9.17) is 40.1 Å². The van der Waals surface area contributed by atoms with Crippen molar-refractivity contribution < 1.29 is 66.9 Å². The van der Waals surface area contributed by atoms with E-state index in [1.54, 1.807) is 74.5 Å². The van der Waals surface area contributed by atoms with Gasteiger partial charge in [0.2, 0.25) is 76.8 Å². The van der Waals surface area contributed by atoms with Gasteiger partial charge >= 0.3 is 0 Å². The van der Waals surface area contributed by atoms with Crippen LogP contribution >= 0.6 is 0 Å². The number of carbonyl (C=O) groups is 13. The molecule has 530 valence electrons. The molecule has 13 amide bonds. The van der Waals surface area contributed by atoms with Crippen molar-refractivity contribution in [3.05, 3.63) is 71.8 Å². The second-order valence-corrected chi connectivity index (χ2v) is 26.0. The summed E-state index contributed by atoms with van der Waals surface area (Å²) in [4.78, 5) is 185. The van der Waals surface area contributed by atoms with E-state index < -0.39 is 181 Å². The minimum atomic E-state index is -1.66. The molecular weight excluding hydrogens is 1260 g/mol. The van der Waals surface area contributed by atoms with E-state index in [-0.39, 0.29) is 88.8 Å². The third kappa shape index (κ3) is 27.8. The Morgan fingerprint density at radius 3 is 1.51 bits per heavy atom. The number of rotatable bonds is 42. The Bertz CT molecular complexity index is 3000. The summed E-state index contributed by atoms with van der Waals surface area (Å²) in [6.45, 7) is 3.74. The molecule has 0 spiro atoms. The molecule has 1 unspecified atom stereocenters. The topological polar surface area (TPSA) is 542 Å². The van der Waals surface area contributed by atoms with Crippen LogP contribution in [-0.4, -0.2) is 202 Å². The molecule has 2 aromatic rings. The third-order valence-electron chi connectivity index (χ3n) is 16.1. The number of hydrogen-bond donors (Lipinski definition) is 15. The number of hydrogen-bond acceptors (Lipinski definition) is 17. The quantitative estimate of drug-likeness (QED) is 0.0129. The number of aliphatic imine (C=N–C) groups is 1. The molecule has 0 saturated carbocycles. The van der Waals surface area contributed by atoms with E-state index in [9.17, 15) is 66.9 Å². The lowest BCUT2D eigenvalue weighted by Gasteiger charge is -2.32. The minimum absolute atomic E-state index is 0.0179. The van der Waals surface area contributed by atoms with E-state index in [1.807, 2.05) is 0 Å². The van der Waals surface area contributed by atoms with Crippen molar-refractivity contribution in [1.82, 2.24) is 52.3 Å². The molecule has 0 bridgehead atoms. The average molecular weight is 1360 g/mol. The highest BCUT2D eigenvalue weighted by Gasteiger charge is 2.42. The Morgan fingerprint density at radius 1 is 0.552 bits per heavy atom. The van der Waals surface area contributed by atoms with Crippen molar-refractivity contribution >= 4 is 93.9 Å². The highest BCUT2D eigenvalue weighted by Crippen LogP contribution is 2.24. The van der Waals surface area contributed by atoms with Crippen LogP contribution in [0.3, 0.4) is 0 Å². The summed E-state index contributed by atoms with van der Waals surface area (Å²) in [5.74, 6) is -10.7. The van der Waals surface area contributed by atoms with Gasteiger partial charge in [0.1, 0.15) is 60.1 Å². The van der Waals surface area contributed by atoms with Gasteiger partial charge in [0.15, 0.2) is 5.96 Å². The number of nitrogens with one attached hydrogen (secondary N) is 8. The van der Waals surface area contributed by atoms with Gasteiger partial charge in [0.05, 0.1) is 18.8 Å². The SMILES string of the molecule is CC(C)C[C@H](NC(=O)CNC(=O)[C@H](Cc1ccccc1)NC(=O)[C@H](Cc1ccccc1)NC(=O)[C@H](CCC(N)=O)NC(=O)[C@H](CCC(N)=O)NC(=O)[C@@H]1CCCN1C(=O)[C@H](CCCCN)NC(=O)[C@@H]1CCCN1C(=O)[C@@H](N)CCCN=C(N)N)C(=O)N[C@@H](CC[S+](C)[O-])C(N)=O. The smallest absolute Gasteiger partial charge is 0.245 e. The van der Waals surface area contributed by atoms with Crippen molar-refractivity contribution in [2.75, 3.05) is 44.7 Å². The summed E-state index contributed by atoms with van der Waals surface area (Å²) in [5, 5.41) is 20.9. The minimum Gasteiger partial charge on any atom is -0.617 e. The summed E-state index contributed by atoms with van der Waals surface area (Å²) in [5.41, 5.74) is 40.5. The Kier molecular flexibility index (Phi) is 34.0. The van der Waals surface area contributed by atoms with Crippen molar-refractivity contribution in [1.29, 1.82) is 0 Å². The number of nitrogens with two attached hydrogens (primary N) is 7. The number of carbonyl (C=O) groups excluding carboxylic acids is 13. The Balaban J connectivity index is 1.56. The van der Waals surface area contributed by atoms with Gasteiger partial charge in [-0.3, -0.25) is 67.3 Å². The fourth-order valence-electron chi connectivity index (χ4n) is 11.1. The number of unbranched alkanes of at least 4 members (excludes halogenated alkanes) is 1. The largest absolute Gasteiger partial charge is 0.617 e. The van der Waals surface area contributed by atoms with Gasteiger partial charge in [0, 0.05) is 51.7 Å². The molecule has 4 rings (SSSR count). The fourth-order valence-corrected chi connectivity index (χ4v) is 11.6. The van der Waals surface area contributed by atoms with E-state index in [1.165, 1.54) is 16.1 Å². The highest BCUT2D eigenvalue weighted by molar-refractivity contribution is 7.90. The van der Waals surface area contributed by atoms with Gasteiger partial charge in [-0.15, -0.1) is 0 Å². The van der Waals surface area contributed by atoms with Crippen LogP contribution in [0.5, 0.6) is 0 Å². The first-order chi connectivity index (χ1) is 45.6. The maximum atomic E-state index is 14.7.